The molecule has 3 nitrogen and oxygen atoms in total. The van der Waals surface area contributed by atoms with Crippen LogP contribution in [0.1, 0.15) is 17.0 Å². The van der Waals surface area contributed by atoms with Gasteiger partial charge in [0.05, 0.1) is 6.07 Å². The summed E-state index contributed by atoms with van der Waals surface area (Å²) in [6.45, 7) is 0.492. The average molecular weight is 299 g/mol. The minimum Gasteiger partial charge on any atom is -0.354 e. The maximum absolute atomic E-state index is 12.1. The summed E-state index contributed by atoms with van der Waals surface area (Å²) in [7, 11) is 0. The molecule has 0 saturated carbocycles. The predicted molar refractivity (Wildman–Crippen MR) is 83.0 cm³/mol. The Morgan fingerprint density at radius 3 is 2.43 bits per heavy atom. The van der Waals surface area contributed by atoms with Crippen molar-refractivity contribution in [1.29, 1.82) is 5.26 Å². The number of amides is 1. The number of benzene rings is 2. The zero-order valence-electron chi connectivity index (χ0n) is 11.4. The Kier molecular flexibility index (Phi) is 5.36. The van der Waals surface area contributed by atoms with Gasteiger partial charge in [0.25, 0.3) is 0 Å². The average Bonchev–Trinajstić information content (AvgIpc) is 2.51. The number of carbonyl (C=O) groups is 1. The van der Waals surface area contributed by atoms with Crippen molar-refractivity contribution in [3.8, 4) is 6.07 Å². The maximum Gasteiger partial charge on any atom is 0.241 e. The number of carbonyl (C=O) groups excluding carboxylic acids is 1. The normalized spacial score (nSPS) is 11.4. The van der Waals surface area contributed by atoms with Gasteiger partial charge in [-0.05, 0) is 29.7 Å². The van der Waals surface area contributed by atoms with Gasteiger partial charge in [-0.25, -0.2) is 0 Å². The van der Waals surface area contributed by atoms with Gasteiger partial charge in [-0.3, -0.25) is 4.79 Å². The van der Waals surface area contributed by atoms with Crippen molar-refractivity contribution in [3.63, 3.8) is 0 Å². The van der Waals surface area contributed by atoms with E-state index in [9.17, 15) is 10.1 Å². The van der Waals surface area contributed by atoms with Crippen molar-refractivity contribution in [1.82, 2.24) is 5.32 Å². The number of nitriles is 1. The van der Waals surface area contributed by atoms with E-state index in [-0.39, 0.29) is 5.91 Å². The van der Waals surface area contributed by atoms with Crippen LogP contribution in [0.4, 0.5) is 0 Å². The first-order valence-electron chi connectivity index (χ1n) is 6.67. The molecule has 0 spiro atoms. The fourth-order valence-electron chi connectivity index (χ4n) is 2.01. The standard InChI is InChI=1S/C17H15ClN2O/c18-15-8-6-13(7-9-15)10-11-20-17(21)16(12-19)14-4-2-1-3-5-14/h1-9,16H,10-11H2,(H,20,21). The van der Waals surface area contributed by atoms with Crippen molar-refractivity contribution >= 4 is 17.5 Å². The summed E-state index contributed by atoms with van der Waals surface area (Å²) in [5.41, 5.74) is 1.80. The first-order chi connectivity index (χ1) is 10.2. The van der Waals surface area contributed by atoms with E-state index in [1.165, 1.54) is 0 Å². The van der Waals surface area contributed by atoms with Crippen molar-refractivity contribution in [2.24, 2.45) is 0 Å². The summed E-state index contributed by atoms with van der Waals surface area (Å²) in [6.07, 6.45) is 0.704. The maximum atomic E-state index is 12.1. The van der Waals surface area contributed by atoms with Gasteiger partial charge in [-0.2, -0.15) is 5.26 Å². The molecule has 106 valence electrons. The van der Waals surface area contributed by atoms with Crippen molar-refractivity contribution in [2.45, 2.75) is 12.3 Å². The number of hydrogen-bond donors (Lipinski definition) is 1. The second-order valence-corrected chi connectivity index (χ2v) is 5.08. The molecular weight excluding hydrogens is 284 g/mol. The second-order valence-electron chi connectivity index (χ2n) is 4.64. The van der Waals surface area contributed by atoms with Gasteiger partial charge < -0.3 is 5.32 Å². The van der Waals surface area contributed by atoms with Crippen molar-refractivity contribution in [2.75, 3.05) is 6.54 Å². The van der Waals surface area contributed by atoms with Crippen LogP contribution in [0, 0.1) is 11.3 Å². The molecule has 0 radical (unpaired) electrons. The van der Waals surface area contributed by atoms with Gasteiger partial charge in [-0.1, -0.05) is 54.1 Å². The third-order valence-corrected chi connectivity index (χ3v) is 3.40. The minimum absolute atomic E-state index is 0.266. The molecule has 0 aromatic heterocycles. The van der Waals surface area contributed by atoms with Crippen LogP contribution in [-0.2, 0) is 11.2 Å². The monoisotopic (exact) mass is 298 g/mol. The number of nitrogens with zero attached hydrogens (tertiary/aromatic N) is 1. The lowest BCUT2D eigenvalue weighted by molar-refractivity contribution is -0.121. The summed E-state index contributed by atoms with van der Waals surface area (Å²) < 4.78 is 0. The van der Waals surface area contributed by atoms with Crippen LogP contribution in [0.2, 0.25) is 5.02 Å². The molecular formula is C17H15ClN2O. The largest absolute Gasteiger partial charge is 0.354 e. The number of halogens is 1. The van der Waals surface area contributed by atoms with E-state index in [1.54, 1.807) is 12.1 Å². The van der Waals surface area contributed by atoms with E-state index in [0.29, 0.717) is 23.6 Å². The molecule has 2 aromatic carbocycles. The lowest BCUT2D eigenvalue weighted by atomic mass is 10.00. The molecule has 0 aliphatic rings. The number of nitrogens with one attached hydrogen (secondary N) is 1. The molecule has 1 atom stereocenters. The number of rotatable bonds is 5. The molecule has 0 heterocycles. The fraction of sp³-hybridized carbons (Fsp3) is 0.176. The van der Waals surface area contributed by atoms with Crippen molar-refractivity contribution in [3.05, 3.63) is 70.7 Å². The first kappa shape index (κ1) is 15.1. The Labute approximate surface area is 129 Å². The van der Waals surface area contributed by atoms with Gasteiger partial charge in [0.1, 0.15) is 5.92 Å². The molecule has 0 bridgehead atoms. The molecule has 21 heavy (non-hydrogen) atoms. The molecule has 2 rings (SSSR count). The van der Waals surface area contributed by atoms with E-state index in [2.05, 4.69) is 5.32 Å². The van der Waals surface area contributed by atoms with Gasteiger partial charge in [0, 0.05) is 11.6 Å². The van der Waals surface area contributed by atoms with Crippen LogP contribution < -0.4 is 5.32 Å². The Morgan fingerprint density at radius 1 is 1.14 bits per heavy atom. The van der Waals surface area contributed by atoms with Crippen LogP contribution in [0.25, 0.3) is 0 Å². The highest BCUT2D eigenvalue weighted by molar-refractivity contribution is 6.30. The molecule has 1 unspecified atom stereocenters. The van der Waals surface area contributed by atoms with E-state index in [0.717, 1.165) is 5.56 Å². The summed E-state index contributed by atoms with van der Waals surface area (Å²) in [5, 5.41) is 12.7. The lowest BCUT2D eigenvalue weighted by Crippen LogP contribution is -2.30. The zero-order chi connectivity index (χ0) is 15.1. The third kappa shape index (κ3) is 4.34. The van der Waals surface area contributed by atoms with E-state index in [4.69, 9.17) is 11.6 Å². The third-order valence-electron chi connectivity index (χ3n) is 3.15. The predicted octanol–water partition coefficient (Wildman–Crippen LogP) is 3.31. The van der Waals surface area contributed by atoms with Crippen LogP contribution in [0.5, 0.6) is 0 Å². The lowest BCUT2D eigenvalue weighted by Gasteiger charge is -2.10. The fourth-order valence-corrected chi connectivity index (χ4v) is 2.14. The quantitative estimate of drug-likeness (QED) is 0.921. The Bertz CT molecular complexity index is 632. The highest BCUT2D eigenvalue weighted by Gasteiger charge is 2.19. The molecule has 0 aliphatic heterocycles. The van der Waals surface area contributed by atoms with Gasteiger partial charge in [0.2, 0.25) is 5.91 Å². The van der Waals surface area contributed by atoms with Crippen LogP contribution >= 0.6 is 11.6 Å². The minimum atomic E-state index is -0.767. The summed E-state index contributed by atoms with van der Waals surface area (Å²) in [4.78, 5) is 12.1. The SMILES string of the molecule is N#CC(C(=O)NCCc1ccc(Cl)cc1)c1ccccc1. The van der Waals surface area contributed by atoms with E-state index < -0.39 is 5.92 Å². The first-order valence-corrected chi connectivity index (χ1v) is 7.05. The molecule has 1 amide bonds. The molecule has 4 heteroatoms. The van der Waals surface area contributed by atoms with Crippen LogP contribution in [-0.4, -0.2) is 12.5 Å². The topological polar surface area (TPSA) is 52.9 Å². The Balaban J connectivity index is 1.89. The Morgan fingerprint density at radius 2 is 1.81 bits per heavy atom. The Hall–Kier alpha value is -2.31. The number of hydrogen-bond acceptors (Lipinski definition) is 2. The van der Waals surface area contributed by atoms with Gasteiger partial charge in [-0.15, -0.1) is 0 Å². The molecule has 1 N–H and O–H groups in total. The van der Waals surface area contributed by atoms with Crippen molar-refractivity contribution < 1.29 is 4.79 Å². The van der Waals surface area contributed by atoms with Gasteiger partial charge >= 0.3 is 0 Å². The molecule has 0 saturated heterocycles. The highest BCUT2D eigenvalue weighted by atomic mass is 35.5. The van der Waals surface area contributed by atoms with Crippen LogP contribution in [0.3, 0.4) is 0 Å². The molecule has 0 aliphatic carbocycles. The smallest absolute Gasteiger partial charge is 0.241 e. The van der Waals surface area contributed by atoms with E-state index >= 15 is 0 Å². The molecule has 0 fully saturated rings. The van der Waals surface area contributed by atoms with Crippen LogP contribution in [0.15, 0.2) is 54.6 Å². The summed E-state index contributed by atoms with van der Waals surface area (Å²) >= 11 is 5.82. The zero-order valence-corrected chi connectivity index (χ0v) is 12.2. The van der Waals surface area contributed by atoms with E-state index in [1.807, 2.05) is 48.5 Å². The summed E-state index contributed by atoms with van der Waals surface area (Å²) in [5.74, 6) is -1.03. The van der Waals surface area contributed by atoms with Gasteiger partial charge in [0.15, 0.2) is 0 Å². The molecule has 2 aromatic rings. The summed E-state index contributed by atoms with van der Waals surface area (Å²) in [6, 6.07) is 18.6. The highest BCUT2D eigenvalue weighted by Crippen LogP contribution is 2.14. The second kappa shape index (κ2) is 7.47.